The molecule has 1 unspecified atom stereocenters. The highest BCUT2D eigenvalue weighted by Gasteiger charge is 2.16. The Morgan fingerprint density at radius 3 is 2.38 bits per heavy atom. The zero-order valence-electron chi connectivity index (χ0n) is 11.7. The van der Waals surface area contributed by atoms with Gasteiger partial charge in [-0.2, -0.15) is 0 Å². The van der Waals surface area contributed by atoms with Crippen LogP contribution in [-0.4, -0.2) is 7.05 Å². The average Bonchev–Trinajstić information content (AvgIpc) is 2.44. The van der Waals surface area contributed by atoms with Gasteiger partial charge in [0, 0.05) is 11.1 Å². The van der Waals surface area contributed by atoms with Crippen molar-refractivity contribution >= 4 is 34.8 Å². The first-order valence-corrected chi connectivity index (χ1v) is 7.62. The lowest BCUT2D eigenvalue weighted by Crippen LogP contribution is -2.19. The van der Waals surface area contributed by atoms with E-state index in [1.165, 1.54) is 6.07 Å². The number of nitrogens with one attached hydrogen (secondary N) is 1. The first-order chi connectivity index (χ1) is 9.92. The quantitative estimate of drug-likeness (QED) is 0.760. The van der Waals surface area contributed by atoms with E-state index in [9.17, 15) is 4.39 Å². The fourth-order valence-electron chi connectivity index (χ4n) is 2.22. The number of rotatable bonds is 4. The van der Waals surface area contributed by atoms with Crippen molar-refractivity contribution in [3.63, 3.8) is 0 Å². The van der Waals surface area contributed by atoms with Crippen LogP contribution >= 0.6 is 34.8 Å². The van der Waals surface area contributed by atoms with Gasteiger partial charge in [0.15, 0.2) is 0 Å². The van der Waals surface area contributed by atoms with Gasteiger partial charge in [-0.1, -0.05) is 46.9 Å². The maximum Gasteiger partial charge on any atom is 0.127 e. The summed E-state index contributed by atoms with van der Waals surface area (Å²) >= 11 is 18.1. The highest BCUT2D eigenvalue weighted by molar-refractivity contribution is 6.42. The largest absolute Gasteiger partial charge is 0.313 e. The Bertz CT molecular complexity index is 658. The molecule has 0 radical (unpaired) electrons. The topological polar surface area (TPSA) is 12.0 Å². The van der Waals surface area contributed by atoms with E-state index in [-0.39, 0.29) is 11.9 Å². The molecular weight excluding hydrogens is 332 g/mol. The van der Waals surface area contributed by atoms with E-state index in [0.29, 0.717) is 27.1 Å². The van der Waals surface area contributed by atoms with Crippen LogP contribution in [0, 0.1) is 12.7 Å². The van der Waals surface area contributed by atoms with Crippen LogP contribution in [0.3, 0.4) is 0 Å². The minimum Gasteiger partial charge on any atom is -0.313 e. The van der Waals surface area contributed by atoms with Gasteiger partial charge in [-0.3, -0.25) is 0 Å². The standard InChI is InChI=1S/C16H15Cl3FN/c1-9-5-11(13(18)8-15(9)20)16(21-2)7-10-3-4-12(17)14(19)6-10/h3-6,8,16,21H,7H2,1-2H3. The van der Waals surface area contributed by atoms with Crippen molar-refractivity contribution in [1.82, 2.24) is 5.32 Å². The van der Waals surface area contributed by atoms with Gasteiger partial charge in [0.25, 0.3) is 0 Å². The molecule has 0 saturated heterocycles. The summed E-state index contributed by atoms with van der Waals surface area (Å²) in [6.45, 7) is 1.72. The number of hydrogen-bond donors (Lipinski definition) is 1. The number of aryl methyl sites for hydroxylation is 1. The van der Waals surface area contributed by atoms with Crippen LogP contribution in [0.2, 0.25) is 15.1 Å². The Morgan fingerprint density at radius 2 is 1.76 bits per heavy atom. The molecule has 0 amide bonds. The van der Waals surface area contributed by atoms with Crippen molar-refractivity contribution in [3.05, 3.63) is 67.9 Å². The minimum atomic E-state index is -0.298. The third-order valence-corrected chi connectivity index (χ3v) is 4.49. The number of benzene rings is 2. The molecule has 2 aromatic carbocycles. The monoisotopic (exact) mass is 345 g/mol. The van der Waals surface area contributed by atoms with Crippen molar-refractivity contribution in [2.75, 3.05) is 7.05 Å². The lowest BCUT2D eigenvalue weighted by molar-refractivity contribution is 0.583. The Hall–Kier alpha value is -0.800. The molecule has 112 valence electrons. The normalized spacial score (nSPS) is 12.5. The second-order valence-electron chi connectivity index (χ2n) is 4.92. The fraction of sp³-hybridized carbons (Fsp3) is 0.250. The van der Waals surface area contributed by atoms with Crippen LogP contribution in [0.5, 0.6) is 0 Å². The second-order valence-corrected chi connectivity index (χ2v) is 6.14. The Morgan fingerprint density at radius 1 is 1.05 bits per heavy atom. The molecule has 5 heteroatoms. The molecule has 2 rings (SSSR count). The number of hydrogen-bond acceptors (Lipinski definition) is 1. The van der Waals surface area contributed by atoms with Crippen molar-refractivity contribution in [2.24, 2.45) is 0 Å². The predicted octanol–water partition coefficient (Wildman–Crippen LogP) is 5.60. The molecular formula is C16H15Cl3FN. The van der Waals surface area contributed by atoms with E-state index in [0.717, 1.165) is 11.1 Å². The third-order valence-electron chi connectivity index (χ3n) is 3.43. The SMILES string of the molecule is CNC(Cc1ccc(Cl)c(Cl)c1)c1cc(C)c(F)cc1Cl. The van der Waals surface area contributed by atoms with E-state index in [2.05, 4.69) is 5.32 Å². The molecule has 0 aliphatic carbocycles. The van der Waals surface area contributed by atoms with E-state index in [1.807, 2.05) is 19.2 Å². The van der Waals surface area contributed by atoms with Crippen molar-refractivity contribution in [2.45, 2.75) is 19.4 Å². The summed E-state index contributed by atoms with van der Waals surface area (Å²) in [5.41, 5.74) is 2.47. The Labute approximate surface area is 139 Å². The molecule has 0 aliphatic rings. The molecule has 1 atom stereocenters. The first-order valence-electron chi connectivity index (χ1n) is 6.49. The van der Waals surface area contributed by atoms with Crippen molar-refractivity contribution in [3.8, 4) is 0 Å². The first kappa shape index (κ1) is 16.6. The van der Waals surface area contributed by atoms with Crippen molar-refractivity contribution in [1.29, 1.82) is 0 Å². The maximum atomic E-state index is 13.5. The molecule has 0 heterocycles. The zero-order valence-corrected chi connectivity index (χ0v) is 14.0. The molecule has 1 nitrogen and oxygen atoms in total. The summed E-state index contributed by atoms with van der Waals surface area (Å²) in [6.07, 6.45) is 0.679. The molecule has 0 bridgehead atoms. The van der Waals surface area contributed by atoms with Gasteiger partial charge in [-0.25, -0.2) is 4.39 Å². The maximum absolute atomic E-state index is 13.5. The summed E-state index contributed by atoms with van der Waals surface area (Å²) in [6, 6.07) is 8.61. The lowest BCUT2D eigenvalue weighted by atomic mass is 9.97. The molecule has 21 heavy (non-hydrogen) atoms. The Kier molecular flexibility index (Phi) is 5.50. The molecule has 0 fully saturated rings. The molecule has 0 spiro atoms. The number of likely N-dealkylation sites (N-methyl/N-ethyl adjacent to an activating group) is 1. The molecule has 0 saturated carbocycles. The van der Waals surface area contributed by atoms with Crippen LogP contribution in [0.1, 0.15) is 22.7 Å². The van der Waals surface area contributed by atoms with Crippen LogP contribution in [0.25, 0.3) is 0 Å². The van der Waals surface area contributed by atoms with Crippen molar-refractivity contribution < 1.29 is 4.39 Å². The molecule has 1 N–H and O–H groups in total. The van der Waals surface area contributed by atoms with Crippen LogP contribution in [-0.2, 0) is 6.42 Å². The summed E-state index contributed by atoms with van der Waals surface area (Å²) in [4.78, 5) is 0. The zero-order chi connectivity index (χ0) is 15.6. The molecule has 0 aliphatic heterocycles. The summed E-state index contributed by atoms with van der Waals surface area (Å²) < 4.78 is 13.5. The van der Waals surface area contributed by atoms with Crippen LogP contribution in [0.4, 0.5) is 4.39 Å². The van der Waals surface area contributed by atoms with Gasteiger partial charge in [-0.05, 0) is 55.3 Å². The summed E-state index contributed by atoms with van der Waals surface area (Å²) in [5.74, 6) is -0.298. The summed E-state index contributed by atoms with van der Waals surface area (Å²) in [5, 5.41) is 4.66. The predicted molar refractivity (Wildman–Crippen MR) is 88.1 cm³/mol. The number of halogens is 4. The van der Waals surface area contributed by atoms with E-state index in [1.54, 1.807) is 19.1 Å². The van der Waals surface area contributed by atoms with Crippen LogP contribution < -0.4 is 5.32 Å². The van der Waals surface area contributed by atoms with Gasteiger partial charge >= 0.3 is 0 Å². The second kappa shape index (κ2) is 6.97. The smallest absolute Gasteiger partial charge is 0.127 e. The average molecular weight is 347 g/mol. The van der Waals surface area contributed by atoms with E-state index >= 15 is 0 Å². The minimum absolute atomic E-state index is 0.0333. The van der Waals surface area contributed by atoms with E-state index in [4.69, 9.17) is 34.8 Å². The molecule has 0 aromatic heterocycles. The molecule has 2 aromatic rings. The van der Waals surface area contributed by atoms with Gasteiger partial charge < -0.3 is 5.32 Å². The summed E-state index contributed by atoms with van der Waals surface area (Å²) in [7, 11) is 1.84. The Balaban J connectivity index is 2.31. The van der Waals surface area contributed by atoms with Crippen LogP contribution in [0.15, 0.2) is 30.3 Å². The van der Waals surface area contributed by atoms with Gasteiger partial charge in [0.1, 0.15) is 5.82 Å². The lowest BCUT2D eigenvalue weighted by Gasteiger charge is -2.19. The van der Waals surface area contributed by atoms with Gasteiger partial charge in [0.2, 0.25) is 0 Å². The fourth-order valence-corrected chi connectivity index (χ4v) is 2.82. The van der Waals surface area contributed by atoms with Gasteiger partial charge in [-0.15, -0.1) is 0 Å². The highest BCUT2D eigenvalue weighted by Crippen LogP contribution is 2.30. The highest BCUT2D eigenvalue weighted by atomic mass is 35.5. The van der Waals surface area contributed by atoms with Gasteiger partial charge in [0.05, 0.1) is 10.0 Å². The van der Waals surface area contributed by atoms with E-state index < -0.39 is 0 Å². The third kappa shape index (κ3) is 3.89.